The van der Waals surface area contributed by atoms with Crippen molar-refractivity contribution in [1.82, 2.24) is 0 Å². The van der Waals surface area contributed by atoms with Gasteiger partial charge in [-0.25, -0.2) is 0 Å². The first-order chi connectivity index (χ1) is 5.91. The van der Waals surface area contributed by atoms with Crippen LogP contribution in [-0.4, -0.2) is 43.7 Å². The van der Waals surface area contributed by atoms with Gasteiger partial charge in [0.2, 0.25) is 0 Å². The number of aromatic carboxylic acids is 1. The Bertz CT molecular complexity index is 309. The Kier molecular flexibility index (Phi) is 5.13. The average molecular weight is 217 g/mol. The number of carboxylic acid groups (broad SMARTS) is 1. The average Bonchev–Trinajstić information content (AvgIpc) is 2.03. The smallest absolute Gasteiger partial charge is 0.545 e. The first kappa shape index (κ1) is 13.9. The summed E-state index contributed by atoms with van der Waals surface area (Å²) >= 11 is 0. The molecule has 0 radical (unpaired) electrons. The Hall–Kier alpha value is -0.0503. The number of rotatable bonds is 1. The van der Waals surface area contributed by atoms with Gasteiger partial charge in [0.15, 0.2) is 0 Å². The van der Waals surface area contributed by atoms with Crippen molar-refractivity contribution in [3.8, 4) is 0 Å². The van der Waals surface area contributed by atoms with E-state index in [-0.39, 0.29) is 48.7 Å². The topological polar surface area (TPSA) is 40.1 Å². The number of carbonyl (C=O) groups excluding carboxylic acids is 1. The monoisotopic (exact) mass is 217 g/mol. The first-order valence-corrected chi connectivity index (χ1v) is 4.23. The van der Waals surface area contributed by atoms with E-state index in [9.17, 15) is 9.90 Å². The molecule has 0 aliphatic rings. The molecule has 0 aromatic heterocycles. The van der Waals surface area contributed by atoms with Gasteiger partial charge in [0, 0.05) is 0 Å². The molecular formula is C11H13CaO2+. The molecule has 0 aliphatic heterocycles. The van der Waals surface area contributed by atoms with Gasteiger partial charge < -0.3 is 9.90 Å². The number of benzene rings is 1. The van der Waals surface area contributed by atoms with Gasteiger partial charge in [-0.2, -0.15) is 0 Å². The van der Waals surface area contributed by atoms with Crippen LogP contribution >= 0.6 is 0 Å². The minimum atomic E-state index is -1.12. The van der Waals surface area contributed by atoms with E-state index in [4.69, 9.17) is 0 Å². The number of carbonyl (C=O) groups is 1. The molecule has 70 valence electrons. The summed E-state index contributed by atoms with van der Waals surface area (Å²) in [5.41, 5.74) is 1.41. The zero-order valence-corrected chi connectivity index (χ0v) is 11.0. The van der Waals surface area contributed by atoms with Crippen LogP contribution < -0.4 is 5.11 Å². The molecule has 1 rings (SSSR count). The molecule has 2 nitrogen and oxygen atoms in total. The molecule has 0 amide bonds. The third-order valence-electron chi connectivity index (χ3n) is 1.99. The third kappa shape index (κ3) is 3.60. The molecule has 0 aliphatic carbocycles. The SMILES string of the molecule is CC(C)(C)c1ccc(C(=O)[O-])cc1.[Ca+2]. The summed E-state index contributed by atoms with van der Waals surface area (Å²) in [5.74, 6) is -1.12. The van der Waals surface area contributed by atoms with E-state index in [1.807, 2.05) is 12.1 Å². The van der Waals surface area contributed by atoms with E-state index in [0.29, 0.717) is 0 Å². The molecule has 0 heterocycles. The summed E-state index contributed by atoms with van der Waals surface area (Å²) in [6.07, 6.45) is 0. The van der Waals surface area contributed by atoms with Crippen molar-refractivity contribution >= 4 is 43.7 Å². The standard InChI is InChI=1S/C11H14O2.Ca/c1-11(2,3)9-6-4-8(5-7-9)10(12)13;/h4-7H,1-3H3,(H,12,13);/q;+2/p-1. The normalized spacial score (nSPS) is 10.5. The summed E-state index contributed by atoms with van der Waals surface area (Å²) in [6.45, 7) is 6.25. The van der Waals surface area contributed by atoms with Gasteiger partial charge in [0.1, 0.15) is 0 Å². The molecule has 3 heteroatoms. The van der Waals surface area contributed by atoms with Crippen LogP contribution in [-0.2, 0) is 5.41 Å². The molecule has 0 unspecified atom stereocenters. The largest absolute Gasteiger partial charge is 2.00 e. The molecule has 1 aromatic rings. The van der Waals surface area contributed by atoms with Crippen LogP contribution in [0, 0.1) is 0 Å². The van der Waals surface area contributed by atoms with Gasteiger partial charge in [0.05, 0.1) is 5.97 Å². The quantitative estimate of drug-likeness (QED) is 0.658. The Morgan fingerprint density at radius 1 is 1.14 bits per heavy atom. The van der Waals surface area contributed by atoms with Gasteiger partial charge in [-0.15, -0.1) is 0 Å². The van der Waals surface area contributed by atoms with Crippen molar-refractivity contribution in [2.45, 2.75) is 26.2 Å². The van der Waals surface area contributed by atoms with Crippen molar-refractivity contribution in [2.75, 3.05) is 0 Å². The van der Waals surface area contributed by atoms with Crippen LogP contribution in [0.2, 0.25) is 0 Å². The maximum absolute atomic E-state index is 10.5. The maximum atomic E-state index is 10.5. The molecule has 0 saturated heterocycles. The first-order valence-electron chi connectivity index (χ1n) is 4.23. The number of carboxylic acids is 1. The predicted octanol–water partition coefficient (Wildman–Crippen LogP) is 0.967. The molecular weight excluding hydrogens is 204 g/mol. The van der Waals surface area contributed by atoms with E-state index in [1.165, 1.54) is 0 Å². The van der Waals surface area contributed by atoms with E-state index < -0.39 is 5.97 Å². The minimum absolute atomic E-state index is 0. The van der Waals surface area contributed by atoms with Crippen LogP contribution in [0.4, 0.5) is 0 Å². The Morgan fingerprint density at radius 3 is 1.86 bits per heavy atom. The number of hydrogen-bond donors (Lipinski definition) is 0. The Labute approximate surface area is 114 Å². The van der Waals surface area contributed by atoms with Crippen molar-refractivity contribution in [2.24, 2.45) is 0 Å². The van der Waals surface area contributed by atoms with Crippen molar-refractivity contribution < 1.29 is 9.90 Å². The zero-order valence-electron chi connectivity index (χ0n) is 8.83. The fourth-order valence-corrected chi connectivity index (χ4v) is 1.11. The molecule has 14 heavy (non-hydrogen) atoms. The second-order valence-corrected chi connectivity index (χ2v) is 4.11. The van der Waals surface area contributed by atoms with Crippen molar-refractivity contribution in [1.29, 1.82) is 0 Å². The van der Waals surface area contributed by atoms with E-state index >= 15 is 0 Å². The Balaban J connectivity index is 0.00000169. The molecule has 0 fully saturated rings. The van der Waals surface area contributed by atoms with Gasteiger partial charge in [0.25, 0.3) is 0 Å². The molecule has 0 spiro atoms. The van der Waals surface area contributed by atoms with Crippen LogP contribution in [0.5, 0.6) is 0 Å². The summed E-state index contributed by atoms with van der Waals surface area (Å²) < 4.78 is 0. The van der Waals surface area contributed by atoms with Crippen LogP contribution in [0.15, 0.2) is 24.3 Å². The van der Waals surface area contributed by atoms with E-state index in [0.717, 1.165) is 5.56 Å². The summed E-state index contributed by atoms with van der Waals surface area (Å²) in [6, 6.07) is 6.81. The predicted molar refractivity (Wildman–Crippen MR) is 55.2 cm³/mol. The fourth-order valence-electron chi connectivity index (χ4n) is 1.11. The van der Waals surface area contributed by atoms with Crippen LogP contribution in [0.25, 0.3) is 0 Å². The van der Waals surface area contributed by atoms with Gasteiger partial charge in [-0.1, -0.05) is 45.0 Å². The molecule has 0 N–H and O–H groups in total. The summed E-state index contributed by atoms with van der Waals surface area (Å²) in [4.78, 5) is 10.5. The fraction of sp³-hybridized carbons (Fsp3) is 0.364. The second kappa shape index (κ2) is 5.15. The van der Waals surface area contributed by atoms with Crippen molar-refractivity contribution in [3.05, 3.63) is 35.4 Å². The molecule has 0 bridgehead atoms. The van der Waals surface area contributed by atoms with Gasteiger partial charge >= 0.3 is 37.7 Å². The molecule has 0 atom stereocenters. The molecule has 0 saturated carbocycles. The van der Waals surface area contributed by atoms with E-state index in [1.54, 1.807) is 12.1 Å². The summed E-state index contributed by atoms with van der Waals surface area (Å²) in [5, 5.41) is 10.5. The zero-order chi connectivity index (χ0) is 10.1. The van der Waals surface area contributed by atoms with E-state index in [2.05, 4.69) is 20.8 Å². The van der Waals surface area contributed by atoms with Crippen LogP contribution in [0.3, 0.4) is 0 Å². The minimum Gasteiger partial charge on any atom is -0.545 e. The van der Waals surface area contributed by atoms with Crippen LogP contribution in [0.1, 0.15) is 36.7 Å². The summed E-state index contributed by atoms with van der Waals surface area (Å²) in [7, 11) is 0. The Morgan fingerprint density at radius 2 is 1.57 bits per heavy atom. The number of hydrogen-bond acceptors (Lipinski definition) is 2. The third-order valence-corrected chi connectivity index (χ3v) is 1.99. The second-order valence-electron chi connectivity index (χ2n) is 4.11. The maximum Gasteiger partial charge on any atom is 2.00 e. The van der Waals surface area contributed by atoms with Gasteiger partial charge in [-0.3, -0.25) is 0 Å². The van der Waals surface area contributed by atoms with Gasteiger partial charge in [-0.05, 0) is 16.5 Å². The van der Waals surface area contributed by atoms with Crippen molar-refractivity contribution in [3.63, 3.8) is 0 Å². The molecule has 1 aromatic carbocycles.